The van der Waals surface area contributed by atoms with Gasteiger partial charge in [0.15, 0.2) is 5.60 Å². The molecule has 6 nitrogen and oxygen atoms in total. The maximum atomic E-state index is 12.8. The molecule has 3 rings (SSSR count). The highest BCUT2D eigenvalue weighted by atomic mass is 32.2. The van der Waals surface area contributed by atoms with Gasteiger partial charge in [-0.25, -0.2) is 0 Å². The monoisotopic (exact) mass is 415 g/mol. The van der Waals surface area contributed by atoms with Crippen LogP contribution in [0.25, 0.3) is 0 Å². The number of thioether (sulfide) groups is 1. The molecule has 0 bridgehead atoms. The van der Waals surface area contributed by atoms with E-state index in [9.17, 15) is 14.7 Å². The number of aromatic nitrogens is 1. The number of aryl methyl sites for hydroxylation is 1. The number of pyridine rings is 1. The van der Waals surface area contributed by atoms with E-state index in [1.54, 1.807) is 12.3 Å². The molecule has 1 aromatic carbocycles. The van der Waals surface area contributed by atoms with E-state index < -0.39 is 11.5 Å². The summed E-state index contributed by atoms with van der Waals surface area (Å²) in [6.45, 7) is 8.13. The Labute approximate surface area is 175 Å². The van der Waals surface area contributed by atoms with E-state index in [0.717, 1.165) is 42.3 Å². The third-order valence-electron chi connectivity index (χ3n) is 5.31. The highest BCUT2D eigenvalue weighted by Crippen LogP contribution is 2.23. The van der Waals surface area contributed by atoms with Gasteiger partial charge in [0.2, 0.25) is 0 Å². The third-order valence-corrected chi connectivity index (χ3v) is 6.25. The number of anilines is 1. The number of benzene rings is 1. The first-order valence-electron chi connectivity index (χ1n) is 9.86. The van der Waals surface area contributed by atoms with Crippen LogP contribution in [-0.4, -0.2) is 50.7 Å². The van der Waals surface area contributed by atoms with Gasteiger partial charge in [-0.2, -0.15) is 11.8 Å². The first-order chi connectivity index (χ1) is 13.8. The number of nitrogens with one attached hydrogen (secondary N) is 1. The minimum absolute atomic E-state index is 0.109. The van der Waals surface area contributed by atoms with E-state index in [-0.39, 0.29) is 12.1 Å². The lowest BCUT2D eigenvalue weighted by molar-refractivity contribution is -0.133. The maximum Gasteiger partial charge on any atom is 0.257 e. The normalized spacial score (nSPS) is 17.0. The van der Waals surface area contributed by atoms with Crippen molar-refractivity contribution in [1.82, 2.24) is 9.47 Å². The number of amides is 1. The summed E-state index contributed by atoms with van der Waals surface area (Å²) >= 11 is 1.98. The van der Waals surface area contributed by atoms with Gasteiger partial charge in [0.1, 0.15) is 0 Å². The fourth-order valence-electron chi connectivity index (χ4n) is 3.39. The standard InChI is InChI=1S/C22H29N3O3S/c1-16-7-8-25(20(26)13-16)15-22(3,28)21(27)23-19-6-4-5-18(17(19)2)14-24-9-11-29-12-10-24/h4-8,13,28H,9-12,14-15H2,1-3H3,(H,23,27). The van der Waals surface area contributed by atoms with Gasteiger partial charge in [-0.05, 0) is 49.6 Å². The van der Waals surface area contributed by atoms with Crippen LogP contribution in [0.2, 0.25) is 0 Å². The Bertz CT molecular complexity index is 933. The number of rotatable bonds is 6. The molecular formula is C22H29N3O3S. The van der Waals surface area contributed by atoms with E-state index in [0.29, 0.717) is 5.69 Å². The van der Waals surface area contributed by atoms with Crippen molar-refractivity contribution >= 4 is 23.4 Å². The minimum Gasteiger partial charge on any atom is -0.378 e. The van der Waals surface area contributed by atoms with Gasteiger partial charge < -0.3 is 15.0 Å². The predicted octanol–water partition coefficient (Wildman–Crippen LogP) is 2.40. The molecule has 1 fully saturated rings. The van der Waals surface area contributed by atoms with E-state index >= 15 is 0 Å². The molecule has 2 N–H and O–H groups in total. The minimum atomic E-state index is -1.72. The molecular weight excluding hydrogens is 386 g/mol. The van der Waals surface area contributed by atoms with Crippen LogP contribution in [-0.2, 0) is 17.9 Å². The van der Waals surface area contributed by atoms with Crippen LogP contribution in [0.1, 0.15) is 23.6 Å². The van der Waals surface area contributed by atoms with Crippen molar-refractivity contribution in [3.63, 3.8) is 0 Å². The summed E-state index contributed by atoms with van der Waals surface area (Å²) in [6, 6.07) is 9.12. The van der Waals surface area contributed by atoms with Crippen LogP contribution in [0.4, 0.5) is 5.69 Å². The van der Waals surface area contributed by atoms with Crippen LogP contribution >= 0.6 is 11.8 Å². The molecule has 1 aromatic heterocycles. The zero-order valence-electron chi connectivity index (χ0n) is 17.3. The summed E-state index contributed by atoms with van der Waals surface area (Å²) in [6.07, 6.45) is 1.60. The van der Waals surface area contributed by atoms with E-state index in [4.69, 9.17) is 0 Å². The number of hydrogen-bond acceptors (Lipinski definition) is 5. The van der Waals surface area contributed by atoms with Crippen LogP contribution in [0.5, 0.6) is 0 Å². The highest BCUT2D eigenvalue weighted by molar-refractivity contribution is 7.99. The van der Waals surface area contributed by atoms with E-state index in [1.807, 2.05) is 37.7 Å². The van der Waals surface area contributed by atoms with Crippen molar-refractivity contribution in [2.24, 2.45) is 0 Å². The van der Waals surface area contributed by atoms with Crippen LogP contribution in [0, 0.1) is 13.8 Å². The lowest BCUT2D eigenvalue weighted by atomic mass is 10.0. The van der Waals surface area contributed by atoms with Crippen molar-refractivity contribution in [3.05, 3.63) is 63.6 Å². The van der Waals surface area contributed by atoms with E-state index in [1.165, 1.54) is 23.1 Å². The quantitative estimate of drug-likeness (QED) is 0.758. The van der Waals surface area contributed by atoms with Crippen LogP contribution < -0.4 is 10.9 Å². The average molecular weight is 416 g/mol. The topological polar surface area (TPSA) is 74.6 Å². The van der Waals surface area contributed by atoms with Gasteiger partial charge in [-0.15, -0.1) is 0 Å². The number of hydrogen-bond donors (Lipinski definition) is 2. The lowest BCUT2D eigenvalue weighted by Gasteiger charge is -2.27. The van der Waals surface area contributed by atoms with Crippen LogP contribution in [0.15, 0.2) is 41.3 Å². The second-order valence-corrected chi connectivity index (χ2v) is 9.10. The van der Waals surface area contributed by atoms with Crippen molar-refractivity contribution < 1.29 is 9.90 Å². The molecule has 1 atom stereocenters. The van der Waals surface area contributed by atoms with E-state index in [2.05, 4.69) is 16.3 Å². The molecule has 1 amide bonds. The van der Waals surface area contributed by atoms with Gasteiger partial charge in [0.05, 0.1) is 6.54 Å². The zero-order chi connectivity index (χ0) is 21.0. The van der Waals surface area contributed by atoms with Gasteiger partial charge in [0.25, 0.3) is 11.5 Å². The third kappa shape index (κ3) is 5.50. The molecule has 1 saturated heterocycles. The second kappa shape index (κ2) is 9.15. The Hall–Kier alpha value is -2.09. The fourth-order valence-corrected chi connectivity index (χ4v) is 4.37. The molecule has 156 valence electrons. The zero-order valence-corrected chi connectivity index (χ0v) is 18.1. The summed E-state index contributed by atoms with van der Waals surface area (Å²) in [4.78, 5) is 27.3. The lowest BCUT2D eigenvalue weighted by Crippen LogP contribution is -2.45. The van der Waals surface area contributed by atoms with Crippen molar-refractivity contribution in [3.8, 4) is 0 Å². The molecule has 0 saturated carbocycles. The molecule has 0 spiro atoms. The first kappa shape index (κ1) is 21.6. The predicted molar refractivity (Wildman–Crippen MR) is 118 cm³/mol. The Morgan fingerprint density at radius 3 is 2.66 bits per heavy atom. The summed E-state index contributed by atoms with van der Waals surface area (Å²) < 4.78 is 1.35. The van der Waals surface area contributed by atoms with Crippen molar-refractivity contribution in [2.45, 2.75) is 39.5 Å². The van der Waals surface area contributed by atoms with Gasteiger partial charge in [-0.3, -0.25) is 14.5 Å². The van der Waals surface area contributed by atoms with Crippen molar-refractivity contribution in [1.29, 1.82) is 0 Å². The maximum absolute atomic E-state index is 12.8. The molecule has 0 radical (unpaired) electrons. The Morgan fingerprint density at radius 1 is 1.24 bits per heavy atom. The largest absolute Gasteiger partial charge is 0.378 e. The Balaban J connectivity index is 1.71. The summed E-state index contributed by atoms with van der Waals surface area (Å²) in [5.41, 5.74) is 1.75. The Morgan fingerprint density at radius 2 is 1.97 bits per heavy atom. The molecule has 2 aromatic rings. The number of carbonyl (C=O) groups excluding carboxylic acids is 1. The summed E-state index contributed by atoms with van der Waals surface area (Å²) in [7, 11) is 0. The molecule has 1 aliphatic rings. The van der Waals surface area contributed by atoms with Gasteiger partial charge in [0, 0.05) is 49.1 Å². The number of nitrogens with zero attached hydrogens (tertiary/aromatic N) is 2. The SMILES string of the molecule is Cc1ccn(CC(C)(O)C(=O)Nc2cccc(CN3CCSCC3)c2C)c(=O)c1. The highest BCUT2D eigenvalue weighted by Gasteiger charge is 2.31. The molecule has 1 unspecified atom stereocenters. The molecule has 29 heavy (non-hydrogen) atoms. The van der Waals surface area contributed by atoms with Crippen LogP contribution in [0.3, 0.4) is 0 Å². The molecule has 1 aliphatic heterocycles. The van der Waals surface area contributed by atoms with Crippen molar-refractivity contribution in [2.75, 3.05) is 29.9 Å². The smallest absolute Gasteiger partial charge is 0.257 e. The molecule has 7 heteroatoms. The van der Waals surface area contributed by atoms with Gasteiger partial charge in [-0.1, -0.05) is 12.1 Å². The molecule has 2 heterocycles. The Kier molecular flexibility index (Phi) is 6.82. The molecule has 0 aliphatic carbocycles. The average Bonchev–Trinajstić information content (AvgIpc) is 2.68. The summed E-state index contributed by atoms with van der Waals surface area (Å²) in [5, 5.41) is 13.6. The fraction of sp³-hybridized carbons (Fsp3) is 0.455. The number of carbonyl (C=O) groups is 1. The number of aliphatic hydroxyl groups is 1. The van der Waals surface area contributed by atoms with Gasteiger partial charge >= 0.3 is 0 Å². The summed E-state index contributed by atoms with van der Waals surface area (Å²) in [5.74, 6) is 1.77. The first-order valence-corrected chi connectivity index (χ1v) is 11.0. The second-order valence-electron chi connectivity index (χ2n) is 7.88.